The molecule has 0 radical (unpaired) electrons. The average molecular weight is 291 g/mol. The van der Waals surface area contributed by atoms with E-state index in [0.717, 1.165) is 12.1 Å². The number of benzene rings is 1. The van der Waals surface area contributed by atoms with Gasteiger partial charge in [0.25, 0.3) is 0 Å². The molecular weight excluding hydrogens is 271 g/mol. The lowest BCUT2D eigenvalue weighted by molar-refractivity contribution is -0.137. The molecule has 1 N–H and O–H groups in total. The molecule has 0 saturated heterocycles. The van der Waals surface area contributed by atoms with Crippen molar-refractivity contribution in [2.45, 2.75) is 32.7 Å². The topological polar surface area (TPSA) is 30.5 Å². The smallest absolute Gasteiger partial charge is 0.385 e. The van der Waals surface area contributed by atoms with Crippen LogP contribution in [0.1, 0.15) is 25.8 Å². The Morgan fingerprint density at radius 1 is 1.05 bits per heavy atom. The van der Waals surface area contributed by atoms with E-state index in [1.807, 2.05) is 13.8 Å². The molecule has 1 aromatic carbocycles. The van der Waals surface area contributed by atoms with Gasteiger partial charge >= 0.3 is 6.18 Å². The molecule has 0 aliphatic carbocycles. The van der Waals surface area contributed by atoms with E-state index in [2.05, 4.69) is 5.32 Å². The molecule has 3 nitrogen and oxygen atoms in total. The summed E-state index contributed by atoms with van der Waals surface area (Å²) in [6.07, 6.45) is -3.96. The van der Waals surface area contributed by atoms with Crippen LogP contribution in [0.4, 0.5) is 18.9 Å². The Morgan fingerprint density at radius 3 is 2.05 bits per heavy atom. The first-order valence-corrected chi connectivity index (χ1v) is 6.61. The summed E-state index contributed by atoms with van der Waals surface area (Å²) < 4.78 is 47.9. The third-order valence-corrected chi connectivity index (χ3v) is 2.63. The van der Waals surface area contributed by atoms with Crippen molar-refractivity contribution in [1.29, 1.82) is 0 Å². The van der Waals surface area contributed by atoms with Gasteiger partial charge in [-0.15, -0.1) is 0 Å². The fraction of sp³-hybridized carbons (Fsp3) is 0.571. The van der Waals surface area contributed by atoms with Crippen LogP contribution in [0, 0.1) is 0 Å². The number of nitrogens with one attached hydrogen (secondary N) is 1. The Kier molecular flexibility index (Phi) is 6.81. The number of hydrogen-bond donors (Lipinski definition) is 1. The van der Waals surface area contributed by atoms with Gasteiger partial charge in [-0.25, -0.2) is 0 Å². The highest BCUT2D eigenvalue weighted by Crippen LogP contribution is 2.29. The summed E-state index contributed by atoms with van der Waals surface area (Å²) in [4.78, 5) is 0. The van der Waals surface area contributed by atoms with Gasteiger partial charge in [0, 0.05) is 31.9 Å². The van der Waals surface area contributed by atoms with Crippen molar-refractivity contribution in [2.75, 3.05) is 25.1 Å². The Morgan fingerprint density at radius 2 is 1.60 bits per heavy atom. The number of ether oxygens (including phenoxy) is 2. The van der Waals surface area contributed by atoms with Gasteiger partial charge in [0.1, 0.15) is 0 Å². The van der Waals surface area contributed by atoms with Gasteiger partial charge < -0.3 is 14.8 Å². The molecule has 0 fully saturated rings. The van der Waals surface area contributed by atoms with E-state index in [9.17, 15) is 13.2 Å². The minimum absolute atomic E-state index is 0.285. The summed E-state index contributed by atoms with van der Waals surface area (Å²) in [7, 11) is 0. The van der Waals surface area contributed by atoms with E-state index >= 15 is 0 Å². The molecule has 0 heterocycles. The van der Waals surface area contributed by atoms with Crippen molar-refractivity contribution < 1.29 is 22.6 Å². The Balaban J connectivity index is 2.41. The Labute approximate surface area is 117 Å². The van der Waals surface area contributed by atoms with Crippen LogP contribution in [-0.4, -0.2) is 26.0 Å². The molecule has 0 aliphatic heterocycles. The van der Waals surface area contributed by atoms with Crippen molar-refractivity contribution >= 4 is 5.69 Å². The standard InChI is InChI=1S/C14H20F3NO2/c1-3-19-13(20-4-2)9-10-18-12-7-5-11(6-8-12)14(15,16)17/h5-8,13,18H,3-4,9-10H2,1-2H3. The second kappa shape index (κ2) is 8.11. The first-order valence-electron chi connectivity index (χ1n) is 6.61. The van der Waals surface area contributed by atoms with Crippen LogP contribution < -0.4 is 5.32 Å². The molecule has 0 spiro atoms. The Hall–Kier alpha value is -1.27. The first-order chi connectivity index (χ1) is 9.47. The van der Waals surface area contributed by atoms with Gasteiger partial charge in [0.2, 0.25) is 0 Å². The molecule has 0 aliphatic rings. The average Bonchev–Trinajstić information content (AvgIpc) is 2.39. The molecule has 0 aromatic heterocycles. The molecule has 0 unspecified atom stereocenters. The minimum atomic E-state index is -4.30. The van der Waals surface area contributed by atoms with Crippen molar-refractivity contribution in [3.8, 4) is 0 Å². The number of alkyl halides is 3. The zero-order valence-electron chi connectivity index (χ0n) is 11.7. The molecule has 114 valence electrons. The molecular formula is C14H20F3NO2. The lowest BCUT2D eigenvalue weighted by Gasteiger charge is -2.17. The van der Waals surface area contributed by atoms with Crippen molar-refractivity contribution in [1.82, 2.24) is 0 Å². The van der Waals surface area contributed by atoms with E-state index in [1.54, 1.807) is 0 Å². The van der Waals surface area contributed by atoms with Gasteiger partial charge in [-0.05, 0) is 38.1 Å². The van der Waals surface area contributed by atoms with E-state index in [1.165, 1.54) is 12.1 Å². The monoisotopic (exact) mass is 291 g/mol. The van der Waals surface area contributed by atoms with Gasteiger partial charge in [-0.3, -0.25) is 0 Å². The number of halogens is 3. The second-order valence-electron chi connectivity index (χ2n) is 4.13. The van der Waals surface area contributed by atoms with Gasteiger partial charge in [0.15, 0.2) is 6.29 Å². The quantitative estimate of drug-likeness (QED) is 0.737. The summed E-state index contributed by atoms with van der Waals surface area (Å²) in [6, 6.07) is 4.95. The van der Waals surface area contributed by atoms with Crippen LogP contribution in [0.3, 0.4) is 0 Å². The van der Waals surface area contributed by atoms with Crippen LogP contribution >= 0.6 is 0 Å². The van der Waals surface area contributed by atoms with Crippen LogP contribution in [0.25, 0.3) is 0 Å². The number of anilines is 1. The largest absolute Gasteiger partial charge is 0.416 e. The van der Waals surface area contributed by atoms with Crippen molar-refractivity contribution in [2.24, 2.45) is 0 Å². The normalized spacial score (nSPS) is 11.9. The molecule has 1 rings (SSSR count). The SMILES string of the molecule is CCOC(CCNc1ccc(C(F)(F)F)cc1)OCC. The van der Waals surface area contributed by atoms with Gasteiger partial charge in [-0.2, -0.15) is 13.2 Å². The Bertz CT molecular complexity index is 373. The summed E-state index contributed by atoms with van der Waals surface area (Å²) >= 11 is 0. The molecule has 0 atom stereocenters. The zero-order chi connectivity index (χ0) is 15.0. The fourth-order valence-electron chi connectivity index (χ4n) is 1.70. The second-order valence-corrected chi connectivity index (χ2v) is 4.13. The van der Waals surface area contributed by atoms with Crippen molar-refractivity contribution in [3.63, 3.8) is 0 Å². The number of hydrogen-bond acceptors (Lipinski definition) is 3. The molecule has 0 amide bonds. The summed E-state index contributed by atoms with van der Waals surface area (Å²) in [5.41, 5.74) is -0.00527. The van der Waals surface area contributed by atoms with Crippen LogP contribution in [0.5, 0.6) is 0 Å². The predicted octanol–water partition coefficient (Wildman–Crippen LogP) is 3.91. The summed E-state index contributed by atoms with van der Waals surface area (Å²) in [6.45, 7) is 5.45. The highest BCUT2D eigenvalue weighted by Gasteiger charge is 2.29. The molecule has 20 heavy (non-hydrogen) atoms. The lowest BCUT2D eigenvalue weighted by Crippen LogP contribution is -2.21. The van der Waals surface area contributed by atoms with E-state index in [0.29, 0.717) is 31.9 Å². The summed E-state index contributed by atoms with van der Waals surface area (Å²) in [5, 5.41) is 3.04. The first kappa shape index (κ1) is 16.8. The maximum Gasteiger partial charge on any atom is 0.416 e. The highest BCUT2D eigenvalue weighted by atomic mass is 19.4. The van der Waals surface area contributed by atoms with Crippen LogP contribution in [-0.2, 0) is 15.7 Å². The van der Waals surface area contributed by atoms with Crippen LogP contribution in [0.15, 0.2) is 24.3 Å². The van der Waals surface area contributed by atoms with Gasteiger partial charge in [-0.1, -0.05) is 0 Å². The fourth-order valence-corrected chi connectivity index (χ4v) is 1.70. The third kappa shape index (κ3) is 5.79. The molecule has 6 heteroatoms. The minimum Gasteiger partial charge on any atom is -0.385 e. The maximum atomic E-state index is 12.4. The number of rotatable bonds is 8. The van der Waals surface area contributed by atoms with Crippen LogP contribution in [0.2, 0.25) is 0 Å². The molecule has 0 saturated carbocycles. The van der Waals surface area contributed by atoms with E-state index in [4.69, 9.17) is 9.47 Å². The lowest BCUT2D eigenvalue weighted by atomic mass is 10.2. The summed E-state index contributed by atoms with van der Waals surface area (Å²) in [5.74, 6) is 0. The third-order valence-electron chi connectivity index (χ3n) is 2.63. The predicted molar refractivity (Wildman–Crippen MR) is 71.6 cm³/mol. The maximum absolute atomic E-state index is 12.4. The zero-order valence-corrected chi connectivity index (χ0v) is 11.7. The van der Waals surface area contributed by atoms with Gasteiger partial charge in [0.05, 0.1) is 5.56 Å². The highest BCUT2D eigenvalue weighted by molar-refractivity contribution is 5.45. The molecule has 0 bridgehead atoms. The van der Waals surface area contributed by atoms with E-state index in [-0.39, 0.29) is 6.29 Å². The van der Waals surface area contributed by atoms with E-state index < -0.39 is 11.7 Å². The van der Waals surface area contributed by atoms with Crippen molar-refractivity contribution in [3.05, 3.63) is 29.8 Å². The molecule has 1 aromatic rings.